The highest BCUT2D eigenvalue weighted by atomic mass is 32.2. The van der Waals surface area contributed by atoms with Gasteiger partial charge in [-0.2, -0.15) is 22.0 Å². The van der Waals surface area contributed by atoms with Crippen LogP contribution in [-0.2, 0) is 19.6 Å². The number of halogens is 5. The number of ether oxygens (including phenoxy) is 1. The first kappa shape index (κ1) is 18.8. The van der Waals surface area contributed by atoms with E-state index >= 15 is 0 Å². The molecule has 1 atom stereocenters. The van der Waals surface area contributed by atoms with Gasteiger partial charge in [0, 0.05) is 0 Å². The van der Waals surface area contributed by atoms with Crippen molar-refractivity contribution in [3.63, 3.8) is 0 Å². The summed E-state index contributed by atoms with van der Waals surface area (Å²) in [6, 6.07) is 0. The maximum Gasteiger partial charge on any atom is 0.432 e. The summed E-state index contributed by atoms with van der Waals surface area (Å²) in [6.45, 7) is 0. The minimum atomic E-state index is -6.67. The summed E-state index contributed by atoms with van der Waals surface area (Å²) in [5.41, 5.74) is -1.29. The third-order valence-corrected chi connectivity index (χ3v) is 6.51. The third-order valence-electron chi connectivity index (χ3n) is 5.63. The molecule has 0 aromatic rings. The van der Waals surface area contributed by atoms with Crippen LogP contribution in [0.2, 0.25) is 0 Å². The van der Waals surface area contributed by atoms with Crippen LogP contribution in [-0.4, -0.2) is 36.5 Å². The third kappa shape index (κ3) is 3.13. The lowest BCUT2D eigenvalue weighted by Crippen LogP contribution is -2.56. The van der Waals surface area contributed by atoms with Crippen molar-refractivity contribution in [3.8, 4) is 0 Å². The highest BCUT2D eigenvalue weighted by molar-refractivity contribution is 7.86. The first-order chi connectivity index (χ1) is 11.2. The van der Waals surface area contributed by atoms with Gasteiger partial charge < -0.3 is 9.29 Å². The van der Waals surface area contributed by atoms with E-state index in [9.17, 15) is 39.7 Å². The zero-order valence-corrected chi connectivity index (χ0v) is 13.7. The molecule has 1 unspecified atom stereocenters. The zero-order valence-electron chi connectivity index (χ0n) is 12.9. The predicted molar refractivity (Wildman–Crippen MR) is 71.2 cm³/mol. The van der Waals surface area contributed by atoms with Gasteiger partial charge in [0.05, 0.1) is 5.41 Å². The van der Waals surface area contributed by atoms with Crippen molar-refractivity contribution >= 4 is 16.1 Å². The molecule has 0 N–H and O–H groups in total. The van der Waals surface area contributed by atoms with E-state index in [4.69, 9.17) is 0 Å². The Balaban J connectivity index is 1.87. The lowest BCUT2D eigenvalue weighted by atomic mass is 9.49. The Hall–Kier alpha value is -0.970. The van der Waals surface area contributed by atoms with Crippen LogP contribution in [0.1, 0.15) is 38.5 Å². The summed E-state index contributed by atoms with van der Waals surface area (Å²) in [6.07, 6.45) is -6.91. The van der Waals surface area contributed by atoms with E-state index < -0.39 is 39.0 Å². The molecule has 11 heteroatoms. The van der Waals surface area contributed by atoms with Gasteiger partial charge in [-0.1, -0.05) is 0 Å². The largest absolute Gasteiger partial charge is 0.743 e. The normalized spacial score (nSPS) is 36.3. The van der Waals surface area contributed by atoms with Crippen LogP contribution in [0.3, 0.4) is 0 Å². The van der Waals surface area contributed by atoms with Gasteiger partial charge in [0.25, 0.3) is 6.10 Å². The average Bonchev–Trinajstić information content (AvgIpc) is 2.40. The van der Waals surface area contributed by atoms with Crippen LogP contribution in [0.5, 0.6) is 0 Å². The number of carbonyl (C=O) groups is 1. The number of hydrogen-bond donors (Lipinski definition) is 0. The van der Waals surface area contributed by atoms with E-state index in [0.29, 0.717) is 0 Å². The molecular formula is C14H16F5O5S-. The van der Waals surface area contributed by atoms with Crippen LogP contribution in [0, 0.1) is 23.2 Å². The summed E-state index contributed by atoms with van der Waals surface area (Å²) in [4.78, 5) is 12.4. The molecule has 4 saturated carbocycles. The number of carbonyl (C=O) groups excluding carboxylic acids is 1. The molecule has 0 radical (unpaired) electrons. The monoisotopic (exact) mass is 391 g/mol. The summed E-state index contributed by atoms with van der Waals surface area (Å²) in [5.74, 6) is -1.08. The Morgan fingerprint density at radius 3 is 1.72 bits per heavy atom. The molecule has 0 heterocycles. The van der Waals surface area contributed by atoms with Crippen LogP contribution in [0.25, 0.3) is 0 Å². The minimum Gasteiger partial charge on any atom is -0.743 e. The lowest BCUT2D eigenvalue weighted by Gasteiger charge is -2.55. The van der Waals surface area contributed by atoms with Gasteiger partial charge in [-0.25, -0.2) is 8.42 Å². The highest BCUT2D eigenvalue weighted by Gasteiger charge is 2.65. The fourth-order valence-electron chi connectivity index (χ4n) is 5.05. The quantitative estimate of drug-likeness (QED) is 0.418. The number of esters is 1. The van der Waals surface area contributed by atoms with E-state index in [2.05, 4.69) is 4.74 Å². The Kier molecular flexibility index (Phi) is 4.15. The highest BCUT2D eigenvalue weighted by Crippen LogP contribution is 2.60. The Morgan fingerprint density at radius 2 is 1.40 bits per heavy atom. The summed E-state index contributed by atoms with van der Waals surface area (Å²) < 4.78 is 102. The molecule has 5 nitrogen and oxygen atoms in total. The first-order valence-electron chi connectivity index (χ1n) is 7.86. The van der Waals surface area contributed by atoms with E-state index in [1.54, 1.807) is 0 Å². The van der Waals surface area contributed by atoms with Crippen molar-refractivity contribution in [1.82, 2.24) is 0 Å². The van der Waals surface area contributed by atoms with Crippen molar-refractivity contribution in [2.75, 3.05) is 0 Å². The van der Waals surface area contributed by atoms with Gasteiger partial charge in [-0.15, -0.1) is 0 Å². The Morgan fingerprint density at radius 1 is 1.00 bits per heavy atom. The van der Waals surface area contributed by atoms with Gasteiger partial charge in [0.2, 0.25) is 0 Å². The van der Waals surface area contributed by atoms with Crippen molar-refractivity contribution < 1.29 is 44.5 Å². The molecule has 0 aliphatic heterocycles. The van der Waals surface area contributed by atoms with Gasteiger partial charge in [0.1, 0.15) is 0 Å². The molecule has 4 rings (SSSR count). The standard InChI is InChI=1S/C14H17F5O5S/c15-13(16,17)10(14(18,19)25(21,22)23)24-11(20)12-4-7-1-8(5-12)3-9(2-7)6-12/h7-10H,1-6H2,(H,21,22,23)/p-1. The van der Waals surface area contributed by atoms with Gasteiger partial charge in [0.15, 0.2) is 10.1 Å². The van der Waals surface area contributed by atoms with Crippen molar-refractivity contribution in [3.05, 3.63) is 0 Å². The van der Waals surface area contributed by atoms with Crippen molar-refractivity contribution in [2.45, 2.75) is 56.1 Å². The van der Waals surface area contributed by atoms with E-state index in [0.717, 1.165) is 19.3 Å². The lowest BCUT2D eigenvalue weighted by molar-refractivity contribution is -0.266. The van der Waals surface area contributed by atoms with Crippen LogP contribution in [0.4, 0.5) is 22.0 Å². The van der Waals surface area contributed by atoms with E-state index in [-0.39, 0.29) is 37.0 Å². The van der Waals surface area contributed by atoms with Crippen LogP contribution >= 0.6 is 0 Å². The summed E-state index contributed by atoms with van der Waals surface area (Å²) in [5, 5.41) is -5.79. The second-order valence-corrected chi connectivity index (χ2v) is 8.99. The molecule has 0 aromatic carbocycles. The van der Waals surface area contributed by atoms with E-state index in [1.165, 1.54) is 0 Å². The topological polar surface area (TPSA) is 83.5 Å². The minimum absolute atomic E-state index is 0.131. The van der Waals surface area contributed by atoms with Gasteiger partial charge >= 0.3 is 17.4 Å². The molecular weight excluding hydrogens is 375 g/mol. The fourth-order valence-corrected chi connectivity index (χ4v) is 5.49. The van der Waals surface area contributed by atoms with Gasteiger partial charge in [-0.05, 0) is 56.3 Å². The molecule has 0 spiro atoms. The Labute approximate surface area is 140 Å². The molecule has 0 saturated heterocycles. The van der Waals surface area contributed by atoms with Crippen LogP contribution < -0.4 is 0 Å². The number of rotatable bonds is 4. The molecule has 0 aromatic heterocycles. The smallest absolute Gasteiger partial charge is 0.432 e. The second kappa shape index (κ2) is 5.51. The zero-order chi connectivity index (χ0) is 18.8. The molecule has 4 bridgehead atoms. The van der Waals surface area contributed by atoms with Crippen molar-refractivity contribution in [1.29, 1.82) is 0 Å². The van der Waals surface area contributed by atoms with Crippen molar-refractivity contribution in [2.24, 2.45) is 23.2 Å². The number of alkyl halides is 5. The van der Waals surface area contributed by atoms with Crippen LogP contribution in [0.15, 0.2) is 0 Å². The SMILES string of the molecule is O=C(OC(C(F)(F)F)C(F)(F)S(=O)(=O)[O-])C12CC3CC(CC(C3)C1)C2. The molecule has 144 valence electrons. The average molecular weight is 391 g/mol. The summed E-state index contributed by atoms with van der Waals surface area (Å²) in [7, 11) is -6.67. The molecule has 0 amide bonds. The summed E-state index contributed by atoms with van der Waals surface area (Å²) >= 11 is 0. The fraction of sp³-hybridized carbons (Fsp3) is 0.929. The predicted octanol–water partition coefficient (Wildman–Crippen LogP) is 2.81. The molecule has 4 aliphatic rings. The maximum atomic E-state index is 13.5. The first-order valence-corrected chi connectivity index (χ1v) is 9.26. The molecule has 25 heavy (non-hydrogen) atoms. The van der Waals surface area contributed by atoms with Gasteiger partial charge in [-0.3, -0.25) is 4.79 Å². The maximum absolute atomic E-state index is 13.5. The molecule has 4 aliphatic carbocycles. The Bertz CT molecular complexity index is 636. The second-order valence-electron chi connectivity index (χ2n) is 7.54. The number of hydrogen-bond acceptors (Lipinski definition) is 5. The van der Waals surface area contributed by atoms with E-state index in [1.807, 2.05) is 0 Å². The molecule has 4 fully saturated rings.